The van der Waals surface area contributed by atoms with Crippen LogP contribution in [0.5, 0.6) is 0 Å². The van der Waals surface area contributed by atoms with Gasteiger partial charge in [-0.05, 0) is 73.6 Å². The Bertz CT molecular complexity index is 2340. The molecule has 3 nitrogen and oxygen atoms in total. The van der Waals surface area contributed by atoms with Crippen LogP contribution in [0, 0.1) is 0 Å². The van der Waals surface area contributed by atoms with Gasteiger partial charge in [0, 0.05) is 23.5 Å². The van der Waals surface area contributed by atoms with Gasteiger partial charge in [-0.3, -0.25) is 9.98 Å². The van der Waals surface area contributed by atoms with Gasteiger partial charge in [-0.1, -0.05) is 146 Å². The van der Waals surface area contributed by atoms with E-state index in [0.717, 1.165) is 39.6 Å². The Morgan fingerprint density at radius 1 is 0.667 bits per heavy atom. The van der Waals surface area contributed by atoms with E-state index >= 15 is 0 Å². The van der Waals surface area contributed by atoms with E-state index in [2.05, 4.69) is 157 Å². The number of amidine groups is 1. The molecule has 0 spiro atoms. The Balaban J connectivity index is 1.32. The van der Waals surface area contributed by atoms with Gasteiger partial charge in [0.1, 0.15) is 0 Å². The van der Waals surface area contributed by atoms with E-state index in [9.17, 15) is 0 Å². The summed E-state index contributed by atoms with van der Waals surface area (Å²) in [5.74, 6) is 0.681. The van der Waals surface area contributed by atoms with Gasteiger partial charge in [-0.15, -0.1) is 6.58 Å². The topological polar surface area (TPSA) is 37.6 Å². The number of hydrogen-bond donors (Lipinski definition) is 0. The summed E-state index contributed by atoms with van der Waals surface area (Å²) in [6, 6.07) is 46.9. The van der Waals surface area contributed by atoms with Crippen LogP contribution in [-0.4, -0.2) is 23.1 Å². The number of aliphatic imine (C=N–C) groups is 2. The highest BCUT2D eigenvalue weighted by Gasteiger charge is 2.13. The molecule has 1 aromatic heterocycles. The van der Waals surface area contributed by atoms with E-state index in [4.69, 9.17) is 9.98 Å². The van der Waals surface area contributed by atoms with Crippen LogP contribution in [0.15, 0.2) is 187 Å². The Morgan fingerprint density at radius 2 is 1.40 bits per heavy atom. The van der Waals surface area contributed by atoms with Crippen molar-refractivity contribution >= 4 is 49.9 Å². The molecule has 0 saturated heterocycles. The van der Waals surface area contributed by atoms with Crippen LogP contribution >= 0.6 is 0 Å². The second kappa shape index (κ2) is 14.5. The van der Waals surface area contributed by atoms with Gasteiger partial charge in [0.15, 0.2) is 5.84 Å². The van der Waals surface area contributed by atoms with E-state index < -0.39 is 0 Å². The monoisotopic (exact) mass is 617 g/mol. The van der Waals surface area contributed by atoms with Gasteiger partial charge in [0.25, 0.3) is 0 Å². The number of allylic oxidation sites excluding steroid dienone is 3. The van der Waals surface area contributed by atoms with Gasteiger partial charge in [0.05, 0.1) is 12.3 Å². The third kappa shape index (κ3) is 6.67. The second-order valence-electron chi connectivity index (χ2n) is 11.6. The second-order valence-corrected chi connectivity index (χ2v) is 11.6. The molecule has 3 heteroatoms. The zero-order valence-corrected chi connectivity index (χ0v) is 26.7. The molecule has 0 atom stereocenters. The maximum Gasteiger partial charge on any atom is 0.156 e. The van der Waals surface area contributed by atoms with E-state index in [1.807, 2.05) is 24.4 Å². The molecule has 0 aliphatic heterocycles. The zero-order valence-electron chi connectivity index (χ0n) is 26.7. The first-order valence-corrected chi connectivity index (χ1v) is 16.2. The van der Waals surface area contributed by atoms with E-state index in [-0.39, 0.29) is 0 Å². The summed E-state index contributed by atoms with van der Waals surface area (Å²) in [5.41, 5.74) is 6.31. The maximum atomic E-state index is 5.32. The van der Waals surface area contributed by atoms with Crippen molar-refractivity contribution in [3.8, 4) is 11.1 Å². The molecular weight excluding hydrogens is 583 g/mol. The fourth-order valence-electron chi connectivity index (χ4n) is 6.12. The highest BCUT2D eigenvalue weighted by molar-refractivity contribution is 6.23. The quantitative estimate of drug-likeness (QED) is 0.0687. The van der Waals surface area contributed by atoms with Crippen LogP contribution in [-0.2, 0) is 0 Å². The van der Waals surface area contributed by atoms with Crippen molar-refractivity contribution in [2.24, 2.45) is 9.98 Å². The highest BCUT2D eigenvalue weighted by Crippen LogP contribution is 2.31. The molecule has 7 rings (SSSR count). The largest absolute Gasteiger partial charge is 0.264 e. The fraction of sp³-hybridized carbons (Fsp3) is 0.0444. The summed E-state index contributed by atoms with van der Waals surface area (Å²) in [6.45, 7) is 4.41. The SMILES string of the molecule is C=CCN=C(N=C(/C=C/C/C=C/c1cccnc1)c1ccc(-c2cccc3ccccc23)cc1)c1cc2ccccc2c2ccccc12. The van der Waals surface area contributed by atoms with E-state index in [1.54, 1.807) is 6.20 Å². The van der Waals surface area contributed by atoms with Crippen molar-refractivity contribution in [2.45, 2.75) is 6.42 Å². The molecule has 230 valence electrons. The lowest BCUT2D eigenvalue weighted by molar-refractivity contribution is 1.23. The molecule has 0 aliphatic rings. The minimum atomic E-state index is 0.463. The minimum absolute atomic E-state index is 0.463. The molecule has 6 aromatic carbocycles. The maximum absolute atomic E-state index is 5.32. The van der Waals surface area contributed by atoms with Crippen molar-refractivity contribution in [3.63, 3.8) is 0 Å². The lowest BCUT2D eigenvalue weighted by Gasteiger charge is -2.12. The Labute approximate surface area is 281 Å². The molecule has 0 amide bonds. The van der Waals surface area contributed by atoms with Crippen LogP contribution in [0.2, 0.25) is 0 Å². The average Bonchev–Trinajstić information content (AvgIpc) is 3.15. The summed E-state index contributed by atoms with van der Waals surface area (Å²) < 4.78 is 0. The van der Waals surface area contributed by atoms with Gasteiger partial charge < -0.3 is 0 Å². The molecule has 7 aromatic rings. The summed E-state index contributed by atoms with van der Waals surface area (Å²) in [7, 11) is 0. The lowest BCUT2D eigenvalue weighted by Crippen LogP contribution is -2.07. The summed E-state index contributed by atoms with van der Waals surface area (Å²) in [6.07, 6.45) is 14.7. The van der Waals surface area contributed by atoms with Crippen LogP contribution in [0.1, 0.15) is 23.1 Å². The molecule has 0 radical (unpaired) electrons. The number of fused-ring (bicyclic) bond motifs is 4. The number of aromatic nitrogens is 1. The molecular formula is C45H35N3. The van der Waals surface area contributed by atoms with Gasteiger partial charge in [0.2, 0.25) is 0 Å². The van der Waals surface area contributed by atoms with Crippen molar-refractivity contribution in [1.29, 1.82) is 0 Å². The molecule has 0 N–H and O–H groups in total. The standard InChI is InChI=1S/C45H35N3/c1-2-29-47-45(43-31-37-17-7-9-20-40(37)41-21-10-11-22-42(41)43)48-44(24-5-3-4-14-33-15-13-30-46-32-33)36-27-25-35(26-28-36)39-23-12-18-34-16-6-8-19-38(34)39/h2,4-28,30-32H,1,3,29H2/b14-4+,24-5+,47-45?,48-44?. The first-order valence-electron chi connectivity index (χ1n) is 16.2. The Kier molecular flexibility index (Phi) is 9.20. The Hall–Kier alpha value is -6.19. The predicted octanol–water partition coefficient (Wildman–Crippen LogP) is 11.3. The normalized spacial score (nSPS) is 12.5. The smallest absolute Gasteiger partial charge is 0.156 e. The summed E-state index contributed by atoms with van der Waals surface area (Å²) in [4.78, 5) is 14.5. The summed E-state index contributed by atoms with van der Waals surface area (Å²) in [5, 5.41) is 7.15. The van der Waals surface area contributed by atoms with Gasteiger partial charge >= 0.3 is 0 Å². The fourth-order valence-corrected chi connectivity index (χ4v) is 6.12. The molecule has 0 saturated carbocycles. The number of nitrogens with zero attached hydrogens (tertiary/aromatic N) is 3. The zero-order chi connectivity index (χ0) is 32.5. The molecule has 0 bridgehead atoms. The third-order valence-electron chi connectivity index (χ3n) is 8.43. The van der Waals surface area contributed by atoms with E-state index in [0.29, 0.717) is 12.4 Å². The molecule has 0 fully saturated rings. The highest BCUT2D eigenvalue weighted by atomic mass is 14.9. The number of pyridine rings is 1. The molecule has 0 unspecified atom stereocenters. The van der Waals surface area contributed by atoms with Crippen LogP contribution in [0.4, 0.5) is 0 Å². The van der Waals surface area contributed by atoms with Crippen molar-refractivity contribution in [1.82, 2.24) is 4.98 Å². The first-order chi connectivity index (χ1) is 23.8. The Morgan fingerprint density at radius 3 is 2.19 bits per heavy atom. The average molecular weight is 618 g/mol. The van der Waals surface area contributed by atoms with Crippen molar-refractivity contribution in [3.05, 3.63) is 193 Å². The predicted molar refractivity (Wildman–Crippen MR) is 206 cm³/mol. The van der Waals surface area contributed by atoms with Gasteiger partial charge in [-0.25, -0.2) is 4.99 Å². The van der Waals surface area contributed by atoms with E-state index in [1.165, 1.54) is 32.7 Å². The number of benzene rings is 6. The first kappa shape index (κ1) is 30.5. The number of hydrogen-bond acceptors (Lipinski definition) is 2. The molecule has 0 aliphatic carbocycles. The van der Waals surface area contributed by atoms with Crippen LogP contribution in [0.25, 0.3) is 49.5 Å². The van der Waals surface area contributed by atoms with Gasteiger partial charge in [-0.2, -0.15) is 0 Å². The van der Waals surface area contributed by atoms with Crippen LogP contribution in [0.3, 0.4) is 0 Å². The van der Waals surface area contributed by atoms with Crippen molar-refractivity contribution < 1.29 is 0 Å². The molecule has 48 heavy (non-hydrogen) atoms. The van der Waals surface area contributed by atoms with Crippen molar-refractivity contribution in [2.75, 3.05) is 6.54 Å². The summed E-state index contributed by atoms with van der Waals surface area (Å²) >= 11 is 0. The minimum Gasteiger partial charge on any atom is -0.264 e. The molecule has 1 heterocycles. The third-order valence-corrected chi connectivity index (χ3v) is 8.43. The number of rotatable bonds is 9. The lowest BCUT2D eigenvalue weighted by atomic mass is 9.96. The van der Waals surface area contributed by atoms with Crippen LogP contribution < -0.4 is 0 Å².